The van der Waals surface area contributed by atoms with Crippen LogP contribution in [0.2, 0.25) is 5.02 Å². The van der Waals surface area contributed by atoms with E-state index in [2.05, 4.69) is 97.3 Å². The lowest BCUT2D eigenvalue weighted by Gasteiger charge is -2.41. The zero-order chi connectivity index (χ0) is 24.9. The largest absolute Gasteiger partial charge is 0.365 e. The van der Waals surface area contributed by atoms with Gasteiger partial charge in [-0.2, -0.15) is 0 Å². The molecular weight excluding hydrogens is 472 g/mol. The zero-order valence-corrected chi connectivity index (χ0v) is 22.4. The Morgan fingerprint density at radius 2 is 1.86 bits per heavy atom. The highest BCUT2D eigenvalue weighted by molar-refractivity contribution is 7.80. The molecule has 0 aliphatic carbocycles. The first kappa shape index (κ1) is 23.8. The minimum atomic E-state index is -0.143. The molecule has 0 amide bonds. The molecule has 2 aromatic carbocycles. The molecule has 0 bridgehead atoms. The maximum absolute atomic E-state index is 7.08. The molecule has 1 fully saturated rings. The predicted molar refractivity (Wildman–Crippen MR) is 151 cm³/mol. The molecule has 1 N–H and O–H groups in total. The number of anilines is 2. The van der Waals surface area contributed by atoms with Crippen molar-refractivity contribution in [2.45, 2.75) is 51.7 Å². The number of benzene rings is 2. The summed E-state index contributed by atoms with van der Waals surface area (Å²) in [5, 5.41) is 4.95. The Balaban J connectivity index is 1.68. The molecule has 6 heteroatoms. The minimum Gasteiger partial charge on any atom is -0.365 e. The maximum Gasteiger partial charge on any atom is 0.174 e. The fourth-order valence-electron chi connectivity index (χ4n) is 5.26. The van der Waals surface area contributed by atoms with Crippen LogP contribution >= 0.6 is 23.8 Å². The second kappa shape index (κ2) is 8.96. The van der Waals surface area contributed by atoms with Crippen LogP contribution in [0.3, 0.4) is 0 Å². The van der Waals surface area contributed by atoms with Crippen molar-refractivity contribution in [3.8, 4) is 0 Å². The van der Waals surface area contributed by atoms with Crippen LogP contribution < -0.4 is 15.1 Å². The quantitative estimate of drug-likeness (QED) is 0.384. The molecule has 2 aliphatic heterocycles. The summed E-state index contributed by atoms with van der Waals surface area (Å²) in [6.07, 6.45) is 5.14. The number of likely N-dealkylation sites (N-methyl/N-ethyl adjacent to an activating group) is 1. The van der Waals surface area contributed by atoms with Gasteiger partial charge in [-0.15, -0.1) is 0 Å². The van der Waals surface area contributed by atoms with E-state index >= 15 is 0 Å². The maximum atomic E-state index is 7.08. The first-order valence-electron chi connectivity index (χ1n) is 12.1. The number of hydrogen-bond donors (Lipinski definition) is 1. The average molecular weight is 503 g/mol. The number of hydrogen-bond acceptors (Lipinski definition) is 3. The van der Waals surface area contributed by atoms with Crippen LogP contribution in [0.5, 0.6) is 0 Å². The van der Waals surface area contributed by atoms with Gasteiger partial charge in [-0.3, -0.25) is 4.98 Å². The highest BCUT2D eigenvalue weighted by atomic mass is 35.5. The van der Waals surface area contributed by atoms with Crippen LogP contribution in [0.1, 0.15) is 62.2 Å². The Morgan fingerprint density at radius 1 is 1.11 bits per heavy atom. The van der Waals surface area contributed by atoms with Gasteiger partial charge in [-0.25, -0.2) is 0 Å². The Bertz CT molecular complexity index is 1300. The van der Waals surface area contributed by atoms with Gasteiger partial charge in [0.15, 0.2) is 5.11 Å². The van der Waals surface area contributed by atoms with E-state index in [9.17, 15) is 0 Å². The van der Waals surface area contributed by atoms with Gasteiger partial charge in [0, 0.05) is 35.2 Å². The number of fused-ring (bicyclic) bond motifs is 1. The van der Waals surface area contributed by atoms with Gasteiger partial charge in [0.05, 0.1) is 23.3 Å². The summed E-state index contributed by atoms with van der Waals surface area (Å²) in [5.41, 5.74) is 7.83. The third-order valence-corrected chi connectivity index (χ3v) is 8.02. The number of pyridine rings is 1. The Labute approximate surface area is 218 Å². The van der Waals surface area contributed by atoms with Crippen LogP contribution in [-0.2, 0) is 6.42 Å². The fourth-order valence-corrected chi connectivity index (χ4v) is 5.87. The van der Waals surface area contributed by atoms with Gasteiger partial charge in [0.1, 0.15) is 0 Å². The summed E-state index contributed by atoms with van der Waals surface area (Å²) < 4.78 is 0. The molecule has 2 aliphatic rings. The van der Waals surface area contributed by atoms with Crippen LogP contribution in [0.25, 0.3) is 5.57 Å². The van der Waals surface area contributed by atoms with Crippen LogP contribution in [0.4, 0.5) is 11.4 Å². The molecule has 180 valence electrons. The lowest BCUT2D eigenvalue weighted by atomic mass is 9.86. The molecule has 2 atom stereocenters. The highest BCUT2D eigenvalue weighted by Gasteiger charge is 2.42. The third-order valence-electron chi connectivity index (χ3n) is 7.37. The van der Waals surface area contributed by atoms with Gasteiger partial charge in [0.25, 0.3) is 0 Å². The summed E-state index contributed by atoms with van der Waals surface area (Å²) in [5.74, 6) is 0. The summed E-state index contributed by atoms with van der Waals surface area (Å²) in [4.78, 5) is 9.16. The number of halogens is 1. The number of rotatable bonds is 4. The molecule has 35 heavy (non-hydrogen) atoms. The van der Waals surface area contributed by atoms with Crippen molar-refractivity contribution in [2.75, 3.05) is 16.8 Å². The van der Waals surface area contributed by atoms with E-state index in [-0.39, 0.29) is 17.6 Å². The smallest absolute Gasteiger partial charge is 0.174 e. The molecule has 4 nitrogen and oxygen atoms in total. The van der Waals surface area contributed by atoms with E-state index in [1.165, 1.54) is 16.7 Å². The van der Waals surface area contributed by atoms with Crippen molar-refractivity contribution in [2.24, 2.45) is 0 Å². The SMILES string of the molecule is CCc1ccc(N2C(=S)NC(c3ccccn3)C2c2cc3c(cc2Cl)N(C)C(C)(C)C=C3C)cc1. The second-order valence-corrected chi connectivity index (χ2v) is 10.7. The van der Waals surface area contributed by atoms with E-state index in [1.54, 1.807) is 0 Å². The lowest BCUT2D eigenvalue weighted by molar-refractivity contribution is 0.567. The molecular formula is C29H31ClN4S. The molecule has 2 unspecified atom stereocenters. The first-order chi connectivity index (χ1) is 16.7. The molecule has 3 heterocycles. The standard InChI is InChI=1S/C29H31ClN4S/c1-6-19-10-12-20(13-11-19)34-27(26(32-28(34)35)24-9-7-8-14-31-24)22-15-21-18(2)17-29(3,4)33(5)25(21)16-23(22)30/h7-17,26-27H,6H2,1-5H3,(H,32,35). The van der Waals surface area contributed by atoms with Gasteiger partial charge < -0.3 is 15.1 Å². The summed E-state index contributed by atoms with van der Waals surface area (Å²) in [6.45, 7) is 8.79. The van der Waals surface area contributed by atoms with E-state index in [0.717, 1.165) is 34.1 Å². The first-order valence-corrected chi connectivity index (χ1v) is 12.9. The molecule has 5 rings (SSSR count). The number of aryl methyl sites for hydroxylation is 1. The van der Waals surface area contributed by atoms with Gasteiger partial charge in [-0.05, 0) is 92.5 Å². The van der Waals surface area contributed by atoms with Crippen molar-refractivity contribution in [3.63, 3.8) is 0 Å². The van der Waals surface area contributed by atoms with Gasteiger partial charge >= 0.3 is 0 Å². The Morgan fingerprint density at radius 3 is 2.51 bits per heavy atom. The summed E-state index contributed by atoms with van der Waals surface area (Å²) in [7, 11) is 2.13. The highest BCUT2D eigenvalue weighted by Crippen LogP contribution is 2.47. The van der Waals surface area contributed by atoms with Crippen molar-refractivity contribution >= 4 is 45.9 Å². The number of thiocarbonyl (C=S) groups is 1. The monoisotopic (exact) mass is 502 g/mol. The average Bonchev–Trinajstić information content (AvgIpc) is 3.19. The fraction of sp³-hybridized carbons (Fsp3) is 0.310. The van der Waals surface area contributed by atoms with E-state index in [0.29, 0.717) is 5.11 Å². The van der Waals surface area contributed by atoms with Gasteiger partial charge in [-0.1, -0.05) is 42.8 Å². The number of aromatic nitrogens is 1. The van der Waals surface area contributed by atoms with Crippen LogP contribution in [0, 0.1) is 0 Å². The number of nitrogens with zero attached hydrogens (tertiary/aromatic N) is 3. The number of nitrogens with one attached hydrogen (secondary N) is 1. The second-order valence-electron chi connectivity index (χ2n) is 9.95. The van der Waals surface area contributed by atoms with Crippen molar-refractivity contribution in [3.05, 3.63) is 94.3 Å². The zero-order valence-electron chi connectivity index (χ0n) is 20.8. The summed E-state index contributed by atoms with van der Waals surface area (Å²) >= 11 is 13.0. The molecule has 3 aromatic rings. The Hall–Kier alpha value is -2.89. The van der Waals surface area contributed by atoms with Crippen LogP contribution in [-0.4, -0.2) is 22.7 Å². The topological polar surface area (TPSA) is 31.4 Å². The normalized spacial score (nSPS) is 21.0. The van der Waals surface area contributed by atoms with Crippen molar-refractivity contribution < 1.29 is 0 Å². The molecule has 0 saturated carbocycles. The molecule has 1 saturated heterocycles. The molecule has 1 aromatic heterocycles. The van der Waals surface area contributed by atoms with E-state index in [1.807, 2.05) is 24.4 Å². The predicted octanol–water partition coefficient (Wildman–Crippen LogP) is 7.11. The summed E-state index contributed by atoms with van der Waals surface area (Å²) in [6, 6.07) is 18.7. The van der Waals surface area contributed by atoms with Crippen molar-refractivity contribution in [1.29, 1.82) is 0 Å². The van der Waals surface area contributed by atoms with Crippen LogP contribution in [0.15, 0.2) is 66.9 Å². The lowest BCUT2D eigenvalue weighted by Crippen LogP contribution is -2.42. The molecule has 0 radical (unpaired) electrons. The minimum absolute atomic E-state index is 0.0814. The van der Waals surface area contributed by atoms with E-state index in [4.69, 9.17) is 23.8 Å². The number of allylic oxidation sites excluding steroid dienone is 1. The Kier molecular flexibility index (Phi) is 6.10. The third kappa shape index (κ3) is 4.11. The van der Waals surface area contributed by atoms with Gasteiger partial charge in [0.2, 0.25) is 0 Å². The van der Waals surface area contributed by atoms with E-state index < -0.39 is 0 Å². The molecule has 0 spiro atoms. The van der Waals surface area contributed by atoms with Crippen molar-refractivity contribution in [1.82, 2.24) is 10.3 Å².